The van der Waals surface area contributed by atoms with Gasteiger partial charge in [0.1, 0.15) is 18.2 Å². The second-order valence-electron chi connectivity index (χ2n) is 4.65. The Morgan fingerprint density at radius 2 is 2.09 bits per heavy atom. The molecule has 120 valence electrons. The van der Waals surface area contributed by atoms with E-state index in [0.29, 0.717) is 15.9 Å². The summed E-state index contributed by atoms with van der Waals surface area (Å²) in [7, 11) is 0. The topological polar surface area (TPSA) is 12.5 Å². The summed E-state index contributed by atoms with van der Waals surface area (Å²) in [6, 6.07) is 4.17. The normalized spacial score (nSPS) is 14.4. The summed E-state index contributed by atoms with van der Waals surface area (Å²) < 4.78 is 45.7. The van der Waals surface area contributed by atoms with Crippen LogP contribution in [0.1, 0.15) is 5.56 Å². The summed E-state index contributed by atoms with van der Waals surface area (Å²) in [5, 5.41) is 0. The average Bonchev–Trinajstić information content (AvgIpc) is 2.50. The van der Waals surface area contributed by atoms with Gasteiger partial charge in [0.25, 0.3) is 6.43 Å². The molecular formula is C17H13BrF3NO. The molecule has 1 aromatic rings. The fourth-order valence-corrected chi connectivity index (χ4v) is 2.46. The van der Waals surface area contributed by atoms with Crippen molar-refractivity contribution >= 4 is 21.6 Å². The van der Waals surface area contributed by atoms with E-state index in [1.807, 2.05) is 0 Å². The van der Waals surface area contributed by atoms with Crippen LogP contribution in [0.15, 0.2) is 47.1 Å². The van der Waals surface area contributed by atoms with Crippen LogP contribution in [0, 0.1) is 18.2 Å². The van der Waals surface area contributed by atoms with Gasteiger partial charge in [0, 0.05) is 21.8 Å². The molecule has 0 aromatic heterocycles. The minimum absolute atomic E-state index is 0.0193. The maximum absolute atomic E-state index is 14.3. The van der Waals surface area contributed by atoms with Gasteiger partial charge in [0.05, 0.1) is 12.2 Å². The Balaban J connectivity index is 2.38. The summed E-state index contributed by atoms with van der Waals surface area (Å²) in [6.45, 7) is 3.20. The molecular weight excluding hydrogens is 371 g/mol. The number of terminal acetylenes is 1. The highest BCUT2D eigenvalue weighted by Crippen LogP contribution is 2.35. The van der Waals surface area contributed by atoms with Crippen LogP contribution < -0.4 is 4.74 Å². The molecule has 0 bridgehead atoms. The molecule has 0 aliphatic carbocycles. The first-order valence-electron chi connectivity index (χ1n) is 6.62. The Morgan fingerprint density at radius 3 is 2.70 bits per heavy atom. The van der Waals surface area contributed by atoms with Crippen molar-refractivity contribution in [2.24, 2.45) is 0 Å². The number of nitrogens with zero attached hydrogens (tertiary/aromatic N) is 1. The quantitative estimate of drug-likeness (QED) is 0.691. The molecule has 6 heteroatoms. The van der Waals surface area contributed by atoms with E-state index in [1.165, 1.54) is 23.1 Å². The van der Waals surface area contributed by atoms with Crippen LogP contribution >= 0.6 is 15.9 Å². The van der Waals surface area contributed by atoms with E-state index >= 15 is 0 Å². The second kappa shape index (κ2) is 7.42. The Morgan fingerprint density at radius 1 is 1.35 bits per heavy atom. The molecule has 1 heterocycles. The van der Waals surface area contributed by atoms with E-state index in [2.05, 4.69) is 28.4 Å². The lowest BCUT2D eigenvalue weighted by atomic mass is 10.1. The monoisotopic (exact) mass is 383 g/mol. The highest BCUT2D eigenvalue weighted by Gasteiger charge is 2.24. The Labute approximate surface area is 141 Å². The lowest BCUT2D eigenvalue weighted by Crippen LogP contribution is -2.28. The Kier molecular flexibility index (Phi) is 5.56. The van der Waals surface area contributed by atoms with Gasteiger partial charge in [-0.2, -0.15) is 0 Å². The number of rotatable bonds is 5. The Bertz CT molecular complexity index is 719. The van der Waals surface area contributed by atoms with Gasteiger partial charge >= 0.3 is 0 Å². The van der Waals surface area contributed by atoms with E-state index in [-0.39, 0.29) is 17.9 Å². The first-order chi connectivity index (χ1) is 10.9. The Hall–Kier alpha value is -2.13. The lowest BCUT2D eigenvalue weighted by molar-refractivity contribution is 0.123. The van der Waals surface area contributed by atoms with Crippen molar-refractivity contribution in [3.63, 3.8) is 0 Å². The fourth-order valence-electron chi connectivity index (χ4n) is 2.11. The number of ether oxygens (including phenoxy) is 1. The standard InChI is InChI=1S/C17H13BrF3NO/c1-3-8-23-12-4-5-13(15(19)9-12)16-7-6-14(18)11(2)22(16)10-17(20)21/h1,4-7,9,17H,2,8,10H2. The van der Waals surface area contributed by atoms with Crippen LogP contribution in [-0.2, 0) is 0 Å². The summed E-state index contributed by atoms with van der Waals surface area (Å²) in [6.07, 6.45) is 5.69. The first kappa shape index (κ1) is 17.2. The van der Waals surface area contributed by atoms with Gasteiger partial charge in [-0.05, 0) is 40.2 Å². The van der Waals surface area contributed by atoms with Crippen molar-refractivity contribution in [3.05, 3.63) is 58.5 Å². The van der Waals surface area contributed by atoms with Crippen molar-refractivity contribution in [1.82, 2.24) is 4.90 Å². The highest BCUT2D eigenvalue weighted by atomic mass is 79.9. The number of halogens is 4. The van der Waals surface area contributed by atoms with E-state index < -0.39 is 18.8 Å². The minimum Gasteiger partial charge on any atom is -0.481 e. The number of hydrogen-bond donors (Lipinski definition) is 0. The molecule has 1 aliphatic heterocycles. The predicted molar refractivity (Wildman–Crippen MR) is 87.6 cm³/mol. The summed E-state index contributed by atoms with van der Waals surface area (Å²) in [5.74, 6) is 1.96. The van der Waals surface area contributed by atoms with Crippen molar-refractivity contribution in [2.45, 2.75) is 6.43 Å². The SMILES string of the molecule is C#CCOc1ccc(C2=CC=C(Br)C(=C)N2CC(F)F)c(F)c1. The smallest absolute Gasteiger partial charge is 0.256 e. The van der Waals surface area contributed by atoms with E-state index in [9.17, 15) is 13.2 Å². The molecule has 0 N–H and O–H groups in total. The zero-order chi connectivity index (χ0) is 17.0. The molecule has 1 aliphatic rings. The molecule has 0 saturated heterocycles. The fraction of sp³-hybridized carbons (Fsp3) is 0.176. The lowest BCUT2D eigenvalue weighted by Gasteiger charge is -2.31. The molecule has 1 aromatic carbocycles. The predicted octanol–water partition coefficient (Wildman–Crippen LogP) is 4.55. The van der Waals surface area contributed by atoms with Crippen molar-refractivity contribution in [3.8, 4) is 18.1 Å². The number of alkyl halides is 2. The second-order valence-corrected chi connectivity index (χ2v) is 5.50. The third kappa shape index (κ3) is 3.99. The van der Waals surface area contributed by atoms with Crippen LogP contribution in [0.25, 0.3) is 5.70 Å². The van der Waals surface area contributed by atoms with E-state index in [4.69, 9.17) is 11.2 Å². The third-order valence-corrected chi connectivity index (χ3v) is 3.86. The van der Waals surface area contributed by atoms with Crippen molar-refractivity contribution in [2.75, 3.05) is 13.2 Å². The van der Waals surface area contributed by atoms with Crippen LogP contribution in [0.3, 0.4) is 0 Å². The van der Waals surface area contributed by atoms with E-state index in [0.717, 1.165) is 0 Å². The molecule has 2 rings (SSSR count). The van der Waals surface area contributed by atoms with Gasteiger partial charge in [-0.1, -0.05) is 12.5 Å². The minimum atomic E-state index is -2.59. The maximum atomic E-state index is 14.3. The van der Waals surface area contributed by atoms with Gasteiger partial charge in [-0.25, -0.2) is 13.2 Å². The molecule has 0 spiro atoms. The molecule has 0 radical (unpaired) electrons. The summed E-state index contributed by atoms with van der Waals surface area (Å²) in [5.41, 5.74) is 0.825. The maximum Gasteiger partial charge on any atom is 0.256 e. The van der Waals surface area contributed by atoms with Crippen molar-refractivity contribution in [1.29, 1.82) is 0 Å². The molecule has 23 heavy (non-hydrogen) atoms. The zero-order valence-electron chi connectivity index (χ0n) is 12.0. The molecule has 2 nitrogen and oxygen atoms in total. The van der Waals surface area contributed by atoms with Gasteiger partial charge in [0.15, 0.2) is 0 Å². The van der Waals surface area contributed by atoms with Gasteiger partial charge in [0.2, 0.25) is 0 Å². The van der Waals surface area contributed by atoms with Crippen LogP contribution in [0.2, 0.25) is 0 Å². The molecule has 0 unspecified atom stereocenters. The van der Waals surface area contributed by atoms with Crippen LogP contribution in [0.4, 0.5) is 13.2 Å². The first-order valence-corrected chi connectivity index (χ1v) is 7.42. The molecule has 0 amide bonds. The van der Waals surface area contributed by atoms with Crippen molar-refractivity contribution < 1.29 is 17.9 Å². The van der Waals surface area contributed by atoms with Gasteiger partial charge in [-0.3, -0.25) is 0 Å². The molecule has 0 atom stereocenters. The zero-order valence-corrected chi connectivity index (χ0v) is 13.6. The number of allylic oxidation sites excluding steroid dienone is 3. The molecule has 0 fully saturated rings. The van der Waals surface area contributed by atoms with Crippen LogP contribution in [0.5, 0.6) is 5.75 Å². The summed E-state index contributed by atoms with van der Waals surface area (Å²) >= 11 is 3.24. The third-order valence-electron chi connectivity index (χ3n) is 3.14. The van der Waals surface area contributed by atoms with E-state index in [1.54, 1.807) is 12.2 Å². The average molecular weight is 384 g/mol. The van der Waals surface area contributed by atoms with Gasteiger partial charge in [-0.15, -0.1) is 6.42 Å². The molecule has 0 saturated carbocycles. The largest absolute Gasteiger partial charge is 0.481 e. The van der Waals surface area contributed by atoms with Crippen LogP contribution in [-0.4, -0.2) is 24.5 Å². The van der Waals surface area contributed by atoms with Gasteiger partial charge < -0.3 is 9.64 Å². The highest BCUT2D eigenvalue weighted by molar-refractivity contribution is 9.12. The number of hydrogen-bond acceptors (Lipinski definition) is 2. The summed E-state index contributed by atoms with van der Waals surface area (Å²) in [4.78, 5) is 1.27. The number of benzene rings is 1.